The molecule has 1 saturated heterocycles. The quantitative estimate of drug-likeness (QED) is 0.860. The number of nitrogens with two attached hydrogens (primary N) is 1. The molecule has 21 heavy (non-hydrogen) atoms. The smallest absolute Gasteiger partial charge is 0.227 e. The molecule has 0 radical (unpaired) electrons. The molecular weight excluding hydrogens is 260 g/mol. The number of hydrogen-bond donors (Lipinski definition) is 1. The fourth-order valence-corrected chi connectivity index (χ4v) is 3.21. The Hall–Kier alpha value is -1.51. The Balaban J connectivity index is 2.04. The monoisotopic (exact) mass is 288 g/mol. The molecule has 1 unspecified atom stereocenters. The van der Waals surface area contributed by atoms with Crippen molar-refractivity contribution in [3.05, 3.63) is 29.8 Å². The summed E-state index contributed by atoms with van der Waals surface area (Å²) in [5.74, 6) is 0.909. The van der Waals surface area contributed by atoms with Gasteiger partial charge in [0.1, 0.15) is 0 Å². The fraction of sp³-hybridized carbons (Fsp3) is 0.611. The van der Waals surface area contributed by atoms with Crippen molar-refractivity contribution in [1.82, 2.24) is 4.90 Å². The second-order valence-electron chi connectivity index (χ2n) is 6.64. The summed E-state index contributed by atoms with van der Waals surface area (Å²) in [6, 6.07) is 8.09. The molecule has 1 atom stereocenters. The summed E-state index contributed by atoms with van der Waals surface area (Å²) >= 11 is 0. The van der Waals surface area contributed by atoms with Crippen LogP contribution in [0, 0.1) is 5.92 Å². The molecule has 1 aliphatic heterocycles. The van der Waals surface area contributed by atoms with E-state index >= 15 is 0 Å². The normalized spacial score (nSPS) is 19.6. The van der Waals surface area contributed by atoms with Crippen molar-refractivity contribution < 1.29 is 4.79 Å². The van der Waals surface area contributed by atoms with Gasteiger partial charge in [-0.15, -0.1) is 0 Å². The molecule has 1 aromatic carbocycles. The van der Waals surface area contributed by atoms with E-state index in [-0.39, 0.29) is 5.91 Å². The van der Waals surface area contributed by atoms with Crippen LogP contribution in [-0.4, -0.2) is 23.4 Å². The van der Waals surface area contributed by atoms with E-state index < -0.39 is 0 Å². The molecule has 2 N–H and O–H groups in total. The van der Waals surface area contributed by atoms with Gasteiger partial charge in [-0.3, -0.25) is 4.79 Å². The molecule has 0 spiro atoms. The van der Waals surface area contributed by atoms with Crippen LogP contribution in [0.1, 0.15) is 51.5 Å². The highest BCUT2D eigenvalue weighted by atomic mass is 16.2. The summed E-state index contributed by atoms with van der Waals surface area (Å²) in [4.78, 5) is 14.8. The predicted octanol–water partition coefficient (Wildman–Crippen LogP) is 3.63. The number of hydrogen-bond acceptors (Lipinski definition) is 2. The zero-order valence-electron chi connectivity index (χ0n) is 13.3. The Kier molecular flexibility index (Phi) is 5.66. The first kappa shape index (κ1) is 15.9. The van der Waals surface area contributed by atoms with Crippen molar-refractivity contribution in [2.75, 3.05) is 12.3 Å². The Morgan fingerprint density at radius 3 is 2.62 bits per heavy atom. The maximum absolute atomic E-state index is 12.7. The summed E-state index contributed by atoms with van der Waals surface area (Å²) in [5, 5.41) is 0. The highest BCUT2D eigenvalue weighted by Crippen LogP contribution is 2.23. The van der Waals surface area contributed by atoms with E-state index in [1.54, 1.807) is 0 Å². The van der Waals surface area contributed by atoms with Crippen LogP contribution in [0.3, 0.4) is 0 Å². The average molecular weight is 288 g/mol. The first-order chi connectivity index (χ1) is 10.1. The Morgan fingerprint density at radius 2 is 1.95 bits per heavy atom. The maximum atomic E-state index is 12.7. The van der Waals surface area contributed by atoms with Gasteiger partial charge in [0.15, 0.2) is 0 Å². The molecule has 2 rings (SSSR count). The molecule has 0 saturated carbocycles. The van der Waals surface area contributed by atoms with Crippen molar-refractivity contribution in [2.24, 2.45) is 5.92 Å². The van der Waals surface area contributed by atoms with Gasteiger partial charge < -0.3 is 10.6 Å². The lowest BCUT2D eigenvalue weighted by molar-refractivity contribution is -0.133. The van der Waals surface area contributed by atoms with Gasteiger partial charge in [0.05, 0.1) is 6.42 Å². The number of carbonyl (C=O) groups excluding carboxylic acids is 1. The van der Waals surface area contributed by atoms with Crippen molar-refractivity contribution in [3.8, 4) is 0 Å². The minimum atomic E-state index is 0.271. The van der Waals surface area contributed by atoms with Gasteiger partial charge in [0, 0.05) is 18.3 Å². The van der Waals surface area contributed by atoms with Gasteiger partial charge in [-0.25, -0.2) is 0 Å². The molecule has 0 aromatic heterocycles. The van der Waals surface area contributed by atoms with E-state index in [9.17, 15) is 4.79 Å². The number of anilines is 1. The zero-order chi connectivity index (χ0) is 15.2. The van der Waals surface area contributed by atoms with Gasteiger partial charge in [0.2, 0.25) is 5.91 Å². The Morgan fingerprint density at radius 1 is 1.24 bits per heavy atom. The lowest BCUT2D eigenvalue weighted by Gasteiger charge is -2.31. The summed E-state index contributed by atoms with van der Waals surface area (Å²) in [7, 11) is 0. The maximum Gasteiger partial charge on any atom is 0.227 e. The third kappa shape index (κ3) is 4.76. The molecule has 1 heterocycles. The summed E-state index contributed by atoms with van der Waals surface area (Å²) < 4.78 is 0. The van der Waals surface area contributed by atoms with Crippen LogP contribution >= 0.6 is 0 Å². The van der Waals surface area contributed by atoms with E-state index in [0.29, 0.717) is 18.4 Å². The van der Waals surface area contributed by atoms with E-state index in [1.165, 1.54) is 12.8 Å². The summed E-state index contributed by atoms with van der Waals surface area (Å²) in [6.45, 7) is 5.41. The Bertz CT molecular complexity index is 453. The number of rotatable bonds is 4. The largest absolute Gasteiger partial charge is 0.399 e. The van der Waals surface area contributed by atoms with Crippen molar-refractivity contribution in [1.29, 1.82) is 0 Å². The van der Waals surface area contributed by atoms with Gasteiger partial charge in [-0.1, -0.05) is 38.8 Å². The highest BCUT2D eigenvalue weighted by molar-refractivity contribution is 5.79. The highest BCUT2D eigenvalue weighted by Gasteiger charge is 2.25. The van der Waals surface area contributed by atoms with Crippen LogP contribution in [0.2, 0.25) is 0 Å². The minimum Gasteiger partial charge on any atom is -0.399 e. The lowest BCUT2D eigenvalue weighted by atomic mass is 9.98. The third-order valence-electron chi connectivity index (χ3n) is 4.28. The van der Waals surface area contributed by atoms with Gasteiger partial charge in [-0.2, -0.15) is 0 Å². The van der Waals surface area contributed by atoms with Crippen molar-refractivity contribution in [3.63, 3.8) is 0 Å². The number of nitrogens with zero attached hydrogens (tertiary/aromatic N) is 1. The average Bonchev–Trinajstić information content (AvgIpc) is 2.66. The van der Waals surface area contributed by atoms with Crippen LogP contribution in [-0.2, 0) is 11.2 Å². The lowest BCUT2D eigenvalue weighted by Crippen LogP contribution is -2.41. The topological polar surface area (TPSA) is 46.3 Å². The molecule has 116 valence electrons. The summed E-state index contributed by atoms with van der Waals surface area (Å²) in [5.41, 5.74) is 7.51. The molecule has 1 amide bonds. The number of carbonyl (C=O) groups is 1. The molecule has 1 aliphatic rings. The van der Waals surface area contributed by atoms with Crippen LogP contribution < -0.4 is 5.73 Å². The molecule has 1 fully saturated rings. The predicted molar refractivity (Wildman–Crippen MR) is 88.0 cm³/mol. The minimum absolute atomic E-state index is 0.271. The second-order valence-corrected chi connectivity index (χ2v) is 6.64. The van der Waals surface area contributed by atoms with Crippen LogP contribution in [0.15, 0.2) is 24.3 Å². The van der Waals surface area contributed by atoms with Gasteiger partial charge in [0.25, 0.3) is 0 Å². The molecule has 0 aliphatic carbocycles. The number of benzene rings is 1. The molecule has 3 nitrogen and oxygen atoms in total. The number of nitrogen functional groups attached to an aromatic ring is 1. The van der Waals surface area contributed by atoms with Crippen molar-refractivity contribution in [2.45, 2.75) is 58.4 Å². The fourth-order valence-electron chi connectivity index (χ4n) is 3.21. The van der Waals surface area contributed by atoms with Gasteiger partial charge in [-0.05, 0) is 42.9 Å². The van der Waals surface area contributed by atoms with Crippen molar-refractivity contribution >= 4 is 11.6 Å². The van der Waals surface area contributed by atoms with Crippen LogP contribution in [0.5, 0.6) is 0 Å². The third-order valence-corrected chi connectivity index (χ3v) is 4.28. The van der Waals surface area contributed by atoms with E-state index in [0.717, 1.165) is 37.1 Å². The summed E-state index contributed by atoms with van der Waals surface area (Å²) in [6.07, 6.45) is 6.42. The van der Waals surface area contributed by atoms with E-state index in [2.05, 4.69) is 18.7 Å². The number of likely N-dealkylation sites (tertiary alicyclic amines) is 1. The molecule has 1 aromatic rings. The first-order valence-electron chi connectivity index (χ1n) is 8.20. The Labute approximate surface area is 128 Å². The van der Waals surface area contributed by atoms with E-state index in [1.807, 2.05) is 24.3 Å². The van der Waals surface area contributed by atoms with Gasteiger partial charge >= 0.3 is 0 Å². The standard InChI is InChI=1S/C18H28N2O/c1-14(2)12-17-6-4-3-5-11-20(17)18(21)13-15-7-9-16(19)10-8-15/h7-10,14,17H,3-6,11-13,19H2,1-2H3. The van der Waals surface area contributed by atoms with E-state index in [4.69, 9.17) is 5.73 Å². The molecule has 0 bridgehead atoms. The number of amides is 1. The first-order valence-corrected chi connectivity index (χ1v) is 8.20. The van der Waals surface area contributed by atoms with Crippen LogP contribution in [0.25, 0.3) is 0 Å². The molecular formula is C18H28N2O. The second kappa shape index (κ2) is 7.48. The molecule has 3 heteroatoms. The SMILES string of the molecule is CC(C)CC1CCCCCN1C(=O)Cc1ccc(N)cc1. The zero-order valence-corrected chi connectivity index (χ0v) is 13.3. The van der Waals surface area contributed by atoms with Crippen LogP contribution in [0.4, 0.5) is 5.69 Å².